The third-order valence-electron chi connectivity index (χ3n) is 3.27. The fraction of sp³-hybridized carbons (Fsp3) is 0.200. The van der Waals surface area contributed by atoms with Crippen molar-refractivity contribution in [2.24, 2.45) is 0 Å². The van der Waals surface area contributed by atoms with Gasteiger partial charge in [0.15, 0.2) is 0 Å². The van der Waals surface area contributed by atoms with Gasteiger partial charge < -0.3 is 4.74 Å². The number of ether oxygens (including phenoxy) is 1. The molecule has 0 bridgehead atoms. The zero-order valence-corrected chi connectivity index (χ0v) is 13.1. The van der Waals surface area contributed by atoms with E-state index in [1.807, 2.05) is 24.3 Å². The van der Waals surface area contributed by atoms with Gasteiger partial charge in [0.2, 0.25) is 0 Å². The van der Waals surface area contributed by atoms with Crippen molar-refractivity contribution in [3.05, 3.63) is 68.1 Å². The van der Waals surface area contributed by atoms with Crippen LogP contribution in [0.4, 0.5) is 0 Å². The molecule has 0 saturated carbocycles. The Morgan fingerprint density at radius 2 is 1.84 bits per heavy atom. The van der Waals surface area contributed by atoms with Gasteiger partial charge in [-0.25, -0.2) is 0 Å². The third kappa shape index (κ3) is 2.68. The number of alkyl halides is 1. The molecule has 0 fully saturated rings. The van der Waals surface area contributed by atoms with Crippen molar-refractivity contribution in [3.63, 3.8) is 0 Å². The molecule has 4 heteroatoms. The van der Waals surface area contributed by atoms with Crippen LogP contribution in [-0.2, 0) is 18.0 Å². The minimum atomic E-state index is -0.244. The Hall–Kier alpha value is -0.540. The number of rotatable bonds is 2. The summed E-state index contributed by atoms with van der Waals surface area (Å²) in [5.41, 5.74) is 4.44. The average Bonchev–Trinajstić information content (AvgIpc) is 2.85. The van der Waals surface area contributed by atoms with Gasteiger partial charge in [0.05, 0.1) is 18.6 Å². The molecule has 0 radical (unpaired) electrons. The van der Waals surface area contributed by atoms with Crippen LogP contribution in [0.3, 0.4) is 0 Å². The van der Waals surface area contributed by atoms with Gasteiger partial charge in [-0.3, -0.25) is 0 Å². The molecule has 1 aliphatic heterocycles. The molecule has 1 atom stereocenters. The molecule has 19 heavy (non-hydrogen) atoms. The van der Waals surface area contributed by atoms with E-state index >= 15 is 0 Å². The molecule has 1 unspecified atom stereocenters. The topological polar surface area (TPSA) is 9.23 Å². The van der Waals surface area contributed by atoms with Crippen LogP contribution in [0.15, 0.2) is 40.9 Å². The van der Waals surface area contributed by atoms with E-state index < -0.39 is 0 Å². The lowest BCUT2D eigenvalue weighted by Crippen LogP contribution is -1.96. The van der Waals surface area contributed by atoms with Crippen molar-refractivity contribution in [2.45, 2.75) is 18.6 Å². The summed E-state index contributed by atoms with van der Waals surface area (Å²) in [5, 5.41) is 0.428. The fourth-order valence-corrected chi connectivity index (χ4v) is 3.40. The molecule has 2 aromatic rings. The normalized spacial score (nSPS) is 15.3. The molecule has 0 aromatic heterocycles. The molecule has 0 aliphatic carbocycles. The van der Waals surface area contributed by atoms with Crippen LogP contribution >= 0.6 is 39.1 Å². The molecule has 98 valence electrons. The molecule has 1 nitrogen and oxygen atoms in total. The molecule has 0 spiro atoms. The molecule has 1 aliphatic rings. The number of fused-ring (bicyclic) bond motifs is 1. The van der Waals surface area contributed by atoms with E-state index in [0.29, 0.717) is 18.2 Å². The second-order valence-corrected chi connectivity index (χ2v) is 6.31. The quantitative estimate of drug-likeness (QED) is 0.648. The Morgan fingerprint density at radius 1 is 1.05 bits per heavy atom. The average molecular weight is 358 g/mol. The molecule has 2 aromatic carbocycles. The Kier molecular flexibility index (Phi) is 3.86. The fourth-order valence-electron chi connectivity index (χ4n) is 2.24. The zero-order valence-electron chi connectivity index (χ0n) is 10.00. The van der Waals surface area contributed by atoms with E-state index in [4.69, 9.17) is 27.9 Å². The summed E-state index contributed by atoms with van der Waals surface area (Å²) in [6.45, 7) is 1.36. The van der Waals surface area contributed by atoms with Gasteiger partial charge in [0, 0.05) is 9.50 Å². The third-order valence-corrected chi connectivity index (χ3v) is 4.58. The Bertz CT molecular complexity index is 628. The first kappa shape index (κ1) is 13.4. The second-order valence-electron chi connectivity index (χ2n) is 4.55. The van der Waals surface area contributed by atoms with Gasteiger partial charge in [0.1, 0.15) is 0 Å². The highest BCUT2D eigenvalue weighted by Gasteiger charge is 2.18. The first-order valence-electron chi connectivity index (χ1n) is 5.93. The lowest BCUT2D eigenvalue weighted by Gasteiger charge is -2.13. The maximum Gasteiger partial charge on any atom is 0.0849 e. The standard InChI is InChI=1S/C15H11BrCl2O/c16-12-3-4-13(14(17)6-12)15(18)9-1-2-10-7-19-8-11(10)5-9/h1-6,15H,7-8H2. The van der Waals surface area contributed by atoms with Crippen molar-refractivity contribution < 1.29 is 4.74 Å². The zero-order chi connectivity index (χ0) is 13.4. The van der Waals surface area contributed by atoms with Crippen LogP contribution in [0.1, 0.15) is 27.6 Å². The summed E-state index contributed by atoms with van der Waals surface area (Å²) in [5.74, 6) is 0. The van der Waals surface area contributed by atoms with Crippen LogP contribution in [0.2, 0.25) is 5.02 Å². The maximum absolute atomic E-state index is 6.55. The van der Waals surface area contributed by atoms with Crippen LogP contribution in [0.5, 0.6) is 0 Å². The highest BCUT2D eigenvalue weighted by molar-refractivity contribution is 9.10. The van der Waals surface area contributed by atoms with E-state index in [9.17, 15) is 0 Å². The number of benzene rings is 2. The number of halogens is 3. The summed E-state index contributed by atoms with van der Waals surface area (Å²) in [6.07, 6.45) is 0. The summed E-state index contributed by atoms with van der Waals surface area (Å²) in [6, 6.07) is 12.0. The van der Waals surface area contributed by atoms with E-state index in [1.165, 1.54) is 11.1 Å². The number of hydrogen-bond donors (Lipinski definition) is 0. The van der Waals surface area contributed by atoms with E-state index in [0.717, 1.165) is 15.6 Å². The molecule has 0 amide bonds. The largest absolute Gasteiger partial charge is 0.372 e. The molecule has 1 heterocycles. The maximum atomic E-state index is 6.55. The van der Waals surface area contributed by atoms with Crippen molar-refractivity contribution in [1.29, 1.82) is 0 Å². The molecule has 3 rings (SSSR count). The lowest BCUT2D eigenvalue weighted by atomic mass is 10.00. The van der Waals surface area contributed by atoms with Crippen LogP contribution in [0.25, 0.3) is 0 Å². The van der Waals surface area contributed by atoms with Crippen molar-refractivity contribution in [1.82, 2.24) is 0 Å². The van der Waals surface area contributed by atoms with Gasteiger partial charge in [-0.1, -0.05) is 51.8 Å². The Labute approximate surface area is 130 Å². The van der Waals surface area contributed by atoms with Crippen molar-refractivity contribution in [3.8, 4) is 0 Å². The predicted molar refractivity (Wildman–Crippen MR) is 81.8 cm³/mol. The van der Waals surface area contributed by atoms with Gasteiger partial charge >= 0.3 is 0 Å². The monoisotopic (exact) mass is 356 g/mol. The predicted octanol–water partition coefficient (Wildman–Crippen LogP) is 5.46. The summed E-state index contributed by atoms with van der Waals surface area (Å²) < 4.78 is 6.37. The van der Waals surface area contributed by atoms with Gasteiger partial charge in [0.25, 0.3) is 0 Å². The van der Waals surface area contributed by atoms with E-state index in [2.05, 4.69) is 28.1 Å². The van der Waals surface area contributed by atoms with E-state index in [-0.39, 0.29) is 5.38 Å². The lowest BCUT2D eigenvalue weighted by molar-refractivity contribution is 0.134. The summed E-state index contributed by atoms with van der Waals surface area (Å²) in [4.78, 5) is 0. The second kappa shape index (κ2) is 5.45. The Balaban J connectivity index is 1.97. The van der Waals surface area contributed by atoms with E-state index in [1.54, 1.807) is 0 Å². The molecule has 0 saturated heterocycles. The van der Waals surface area contributed by atoms with Crippen molar-refractivity contribution in [2.75, 3.05) is 0 Å². The SMILES string of the molecule is Clc1cc(Br)ccc1C(Cl)c1ccc2c(c1)COC2. The Morgan fingerprint density at radius 3 is 2.63 bits per heavy atom. The first-order chi connectivity index (χ1) is 9.15. The summed E-state index contributed by atoms with van der Waals surface area (Å²) >= 11 is 16.2. The van der Waals surface area contributed by atoms with Gasteiger partial charge in [-0.2, -0.15) is 0 Å². The smallest absolute Gasteiger partial charge is 0.0849 e. The van der Waals surface area contributed by atoms with Crippen LogP contribution in [0, 0.1) is 0 Å². The number of hydrogen-bond acceptors (Lipinski definition) is 1. The van der Waals surface area contributed by atoms with Crippen LogP contribution < -0.4 is 0 Å². The van der Waals surface area contributed by atoms with Crippen molar-refractivity contribution >= 4 is 39.1 Å². The molecular weight excluding hydrogens is 347 g/mol. The molecular formula is C15H11BrCl2O. The first-order valence-corrected chi connectivity index (χ1v) is 7.54. The van der Waals surface area contributed by atoms with Crippen LogP contribution in [-0.4, -0.2) is 0 Å². The summed E-state index contributed by atoms with van der Waals surface area (Å²) in [7, 11) is 0. The highest BCUT2D eigenvalue weighted by atomic mass is 79.9. The van der Waals surface area contributed by atoms with Gasteiger partial charge in [-0.15, -0.1) is 11.6 Å². The molecule has 0 N–H and O–H groups in total. The van der Waals surface area contributed by atoms with Gasteiger partial charge in [-0.05, 0) is 34.4 Å². The highest BCUT2D eigenvalue weighted by Crippen LogP contribution is 2.36. The minimum absolute atomic E-state index is 0.244. The minimum Gasteiger partial charge on any atom is -0.372 e.